The van der Waals surface area contributed by atoms with Crippen molar-refractivity contribution in [2.75, 3.05) is 26.3 Å². The second-order valence-electron chi connectivity index (χ2n) is 4.38. The second-order valence-corrected chi connectivity index (χ2v) is 4.38. The molecule has 0 aromatic carbocycles. The lowest BCUT2D eigenvalue weighted by Gasteiger charge is -2.35. The molecule has 1 amide bonds. The Hall–Kier alpha value is -0.610. The monoisotopic (exact) mass is 212 g/mol. The molecule has 15 heavy (non-hydrogen) atoms. The normalized spacial score (nSPS) is 26.7. The van der Waals surface area contributed by atoms with Gasteiger partial charge in [-0.1, -0.05) is 6.92 Å². The third-order valence-electron chi connectivity index (χ3n) is 3.14. The Bertz CT molecular complexity index is 229. The van der Waals surface area contributed by atoms with E-state index in [0.717, 1.165) is 13.0 Å². The number of carbonyl (C=O) groups excluding carboxylic acids is 1. The summed E-state index contributed by atoms with van der Waals surface area (Å²) >= 11 is 0. The van der Waals surface area contributed by atoms with Crippen molar-refractivity contribution in [2.45, 2.75) is 38.3 Å². The fourth-order valence-electron chi connectivity index (χ4n) is 1.94. The number of carbonyl (C=O) groups is 1. The number of amides is 1. The Balaban J connectivity index is 1.79. The molecule has 2 rings (SSSR count). The molecule has 1 saturated heterocycles. The standard InChI is InChI=1S/C11H20N2O2/c1-2-10-8-15-6-5-13(10)11(14)7-12-9-3-4-9/h9-10,12H,2-8H2,1H3. The molecular formula is C11H20N2O2. The summed E-state index contributed by atoms with van der Waals surface area (Å²) in [6, 6.07) is 0.891. The van der Waals surface area contributed by atoms with E-state index in [-0.39, 0.29) is 11.9 Å². The van der Waals surface area contributed by atoms with E-state index in [1.807, 2.05) is 4.90 Å². The number of ether oxygens (including phenoxy) is 1. The molecule has 2 aliphatic rings. The van der Waals surface area contributed by atoms with Crippen LogP contribution in [-0.2, 0) is 9.53 Å². The molecule has 1 saturated carbocycles. The Morgan fingerprint density at radius 2 is 2.33 bits per heavy atom. The second kappa shape index (κ2) is 4.94. The Morgan fingerprint density at radius 1 is 1.53 bits per heavy atom. The SMILES string of the molecule is CCC1COCCN1C(=O)CNC1CC1. The maximum atomic E-state index is 11.9. The van der Waals surface area contributed by atoms with Gasteiger partial charge in [0.05, 0.1) is 25.8 Å². The number of nitrogens with zero attached hydrogens (tertiary/aromatic N) is 1. The highest BCUT2D eigenvalue weighted by Gasteiger charge is 2.27. The van der Waals surface area contributed by atoms with Crippen molar-refractivity contribution < 1.29 is 9.53 Å². The number of hydrogen-bond donors (Lipinski definition) is 1. The fourth-order valence-corrected chi connectivity index (χ4v) is 1.94. The van der Waals surface area contributed by atoms with Gasteiger partial charge >= 0.3 is 0 Å². The van der Waals surface area contributed by atoms with Crippen LogP contribution in [0.25, 0.3) is 0 Å². The molecule has 1 aliphatic heterocycles. The summed E-state index contributed by atoms with van der Waals surface area (Å²) < 4.78 is 5.38. The lowest BCUT2D eigenvalue weighted by molar-refractivity contribution is -0.139. The Morgan fingerprint density at radius 3 is 3.00 bits per heavy atom. The lowest BCUT2D eigenvalue weighted by Crippen LogP contribution is -2.51. The maximum Gasteiger partial charge on any atom is 0.236 e. The van der Waals surface area contributed by atoms with Gasteiger partial charge in [-0.15, -0.1) is 0 Å². The van der Waals surface area contributed by atoms with Crippen LogP contribution >= 0.6 is 0 Å². The van der Waals surface area contributed by atoms with Crippen molar-refractivity contribution in [2.24, 2.45) is 0 Å². The zero-order chi connectivity index (χ0) is 10.7. The summed E-state index contributed by atoms with van der Waals surface area (Å²) in [7, 11) is 0. The predicted octanol–water partition coefficient (Wildman–Crippen LogP) is 0.376. The van der Waals surface area contributed by atoms with Gasteiger partial charge in [-0.2, -0.15) is 0 Å². The first kappa shape index (κ1) is 10.9. The molecule has 1 N–H and O–H groups in total. The summed E-state index contributed by atoms with van der Waals surface area (Å²) in [5.41, 5.74) is 0. The molecular weight excluding hydrogens is 192 g/mol. The molecule has 2 fully saturated rings. The van der Waals surface area contributed by atoms with E-state index < -0.39 is 0 Å². The van der Waals surface area contributed by atoms with E-state index in [1.165, 1.54) is 12.8 Å². The molecule has 1 unspecified atom stereocenters. The molecule has 0 aromatic heterocycles. The third-order valence-corrected chi connectivity index (χ3v) is 3.14. The quantitative estimate of drug-likeness (QED) is 0.732. The third kappa shape index (κ3) is 2.92. The van der Waals surface area contributed by atoms with Crippen molar-refractivity contribution >= 4 is 5.91 Å². The molecule has 86 valence electrons. The van der Waals surface area contributed by atoms with E-state index in [0.29, 0.717) is 25.8 Å². The summed E-state index contributed by atoms with van der Waals surface area (Å²) in [4.78, 5) is 13.9. The maximum absolute atomic E-state index is 11.9. The summed E-state index contributed by atoms with van der Waals surface area (Å²) in [6.07, 6.45) is 3.44. The molecule has 4 heteroatoms. The van der Waals surface area contributed by atoms with Gasteiger partial charge in [0.2, 0.25) is 5.91 Å². The topological polar surface area (TPSA) is 41.6 Å². The minimum atomic E-state index is 0.233. The summed E-state index contributed by atoms with van der Waals surface area (Å²) in [5, 5.41) is 3.27. The highest BCUT2D eigenvalue weighted by molar-refractivity contribution is 5.78. The largest absolute Gasteiger partial charge is 0.377 e. The minimum absolute atomic E-state index is 0.233. The van der Waals surface area contributed by atoms with Crippen molar-refractivity contribution in [3.05, 3.63) is 0 Å². The van der Waals surface area contributed by atoms with Gasteiger partial charge in [-0.25, -0.2) is 0 Å². The molecule has 1 aliphatic carbocycles. The minimum Gasteiger partial charge on any atom is -0.377 e. The van der Waals surface area contributed by atoms with E-state index >= 15 is 0 Å². The number of morpholine rings is 1. The fraction of sp³-hybridized carbons (Fsp3) is 0.909. The predicted molar refractivity (Wildman–Crippen MR) is 57.6 cm³/mol. The first-order chi connectivity index (χ1) is 7.31. The van der Waals surface area contributed by atoms with Crippen LogP contribution < -0.4 is 5.32 Å². The van der Waals surface area contributed by atoms with Crippen LogP contribution in [0.15, 0.2) is 0 Å². The average Bonchev–Trinajstić information content (AvgIpc) is 3.09. The number of nitrogens with one attached hydrogen (secondary N) is 1. The van der Waals surface area contributed by atoms with Gasteiger partial charge in [0.1, 0.15) is 0 Å². The molecule has 1 heterocycles. The Labute approximate surface area is 91.0 Å². The van der Waals surface area contributed by atoms with Crippen molar-refractivity contribution in [1.29, 1.82) is 0 Å². The van der Waals surface area contributed by atoms with Crippen LogP contribution in [0.4, 0.5) is 0 Å². The van der Waals surface area contributed by atoms with Crippen LogP contribution in [0.3, 0.4) is 0 Å². The highest BCUT2D eigenvalue weighted by Crippen LogP contribution is 2.18. The van der Waals surface area contributed by atoms with E-state index in [1.54, 1.807) is 0 Å². The van der Waals surface area contributed by atoms with Crippen LogP contribution in [0.1, 0.15) is 26.2 Å². The van der Waals surface area contributed by atoms with Gasteiger partial charge in [-0.3, -0.25) is 4.79 Å². The molecule has 0 spiro atoms. The van der Waals surface area contributed by atoms with Gasteiger partial charge in [0, 0.05) is 12.6 Å². The van der Waals surface area contributed by atoms with Crippen LogP contribution in [0.2, 0.25) is 0 Å². The smallest absolute Gasteiger partial charge is 0.236 e. The summed E-state index contributed by atoms with van der Waals surface area (Å²) in [6.45, 7) is 4.75. The number of hydrogen-bond acceptors (Lipinski definition) is 3. The van der Waals surface area contributed by atoms with Gasteiger partial charge in [-0.05, 0) is 19.3 Å². The van der Waals surface area contributed by atoms with Crippen LogP contribution in [-0.4, -0.2) is 49.2 Å². The first-order valence-corrected chi connectivity index (χ1v) is 5.92. The van der Waals surface area contributed by atoms with Crippen LogP contribution in [0.5, 0.6) is 0 Å². The van der Waals surface area contributed by atoms with Crippen molar-refractivity contribution in [3.63, 3.8) is 0 Å². The van der Waals surface area contributed by atoms with Gasteiger partial charge in [0.15, 0.2) is 0 Å². The average molecular weight is 212 g/mol. The van der Waals surface area contributed by atoms with E-state index in [4.69, 9.17) is 4.74 Å². The Kier molecular flexibility index (Phi) is 3.59. The lowest BCUT2D eigenvalue weighted by atomic mass is 10.2. The van der Waals surface area contributed by atoms with E-state index in [2.05, 4.69) is 12.2 Å². The van der Waals surface area contributed by atoms with Gasteiger partial charge in [0.25, 0.3) is 0 Å². The molecule has 0 aromatic rings. The zero-order valence-corrected chi connectivity index (χ0v) is 9.37. The number of rotatable bonds is 4. The van der Waals surface area contributed by atoms with Gasteiger partial charge < -0.3 is 15.0 Å². The summed E-state index contributed by atoms with van der Waals surface area (Å²) in [5.74, 6) is 0.233. The zero-order valence-electron chi connectivity index (χ0n) is 9.37. The first-order valence-electron chi connectivity index (χ1n) is 5.92. The molecule has 0 bridgehead atoms. The van der Waals surface area contributed by atoms with Crippen molar-refractivity contribution in [1.82, 2.24) is 10.2 Å². The molecule has 1 atom stereocenters. The van der Waals surface area contributed by atoms with Crippen LogP contribution in [0, 0.1) is 0 Å². The molecule has 4 nitrogen and oxygen atoms in total. The molecule has 0 radical (unpaired) electrons. The van der Waals surface area contributed by atoms with E-state index in [9.17, 15) is 4.79 Å². The van der Waals surface area contributed by atoms with Crippen molar-refractivity contribution in [3.8, 4) is 0 Å². The highest BCUT2D eigenvalue weighted by atomic mass is 16.5.